The van der Waals surface area contributed by atoms with Crippen LogP contribution in [0.25, 0.3) is 0 Å². The maximum atomic E-state index is 13.5. The van der Waals surface area contributed by atoms with Crippen molar-refractivity contribution in [3.63, 3.8) is 0 Å². The van der Waals surface area contributed by atoms with Crippen LogP contribution in [0.15, 0.2) is 40.6 Å². The average Bonchev–Trinajstić information content (AvgIpc) is 2.91. The summed E-state index contributed by atoms with van der Waals surface area (Å²) in [5.41, 5.74) is -0.474. The first-order valence-corrected chi connectivity index (χ1v) is 8.06. The molecule has 104 valence electrons. The standard InChI is InChI=1S/C13H11FN2O2S2/c1-9(12-5-3-7-19-12)16-20(17,18)13-6-2-4-11(14)10(13)8-15/h2-7,9,16H,1H3. The SMILES string of the molecule is CC(NS(=O)(=O)c1cccc(F)c1C#N)c1cccs1. The Morgan fingerprint density at radius 1 is 1.35 bits per heavy atom. The Kier molecular flexibility index (Phi) is 4.18. The topological polar surface area (TPSA) is 70.0 Å². The number of hydrogen-bond acceptors (Lipinski definition) is 4. The monoisotopic (exact) mass is 310 g/mol. The van der Waals surface area contributed by atoms with E-state index in [4.69, 9.17) is 5.26 Å². The third kappa shape index (κ3) is 2.88. The molecule has 0 aliphatic heterocycles. The van der Waals surface area contributed by atoms with E-state index in [2.05, 4.69) is 4.72 Å². The number of nitrogens with one attached hydrogen (secondary N) is 1. The zero-order chi connectivity index (χ0) is 14.8. The maximum Gasteiger partial charge on any atom is 0.242 e. The van der Waals surface area contributed by atoms with Gasteiger partial charge in [0.15, 0.2) is 0 Å². The van der Waals surface area contributed by atoms with Crippen LogP contribution in [0.3, 0.4) is 0 Å². The van der Waals surface area contributed by atoms with Crippen LogP contribution in [-0.2, 0) is 10.0 Å². The van der Waals surface area contributed by atoms with Gasteiger partial charge < -0.3 is 0 Å². The van der Waals surface area contributed by atoms with Gasteiger partial charge in [-0.15, -0.1) is 11.3 Å². The number of hydrogen-bond donors (Lipinski definition) is 1. The molecular weight excluding hydrogens is 299 g/mol. The minimum absolute atomic E-state index is 0.344. The van der Waals surface area contributed by atoms with E-state index in [0.29, 0.717) is 0 Å². The van der Waals surface area contributed by atoms with Gasteiger partial charge in [0.2, 0.25) is 10.0 Å². The normalized spacial score (nSPS) is 12.8. The lowest BCUT2D eigenvalue weighted by Gasteiger charge is -2.13. The summed E-state index contributed by atoms with van der Waals surface area (Å²) < 4.78 is 40.4. The van der Waals surface area contributed by atoms with Gasteiger partial charge in [-0.25, -0.2) is 17.5 Å². The zero-order valence-electron chi connectivity index (χ0n) is 10.5. The van der Waals surface area contributed by atoms with Crippen LogP contribution >= 0.6 is 11.3 Å². The van der Waals surface area contributed by atoms with Crippen LogP contribution in [0.1, 0.15) is 23.4 Å². The fourth-order valence-corrected chi connectivity index (χ4v) is 3.93. The zero-order valence-corrected chi connectivity index (χ0v) is 12.1. The Hall–Kier alpha value is -1.75. The van der Waals surface area contributed by atoms with Crippen molar-refractivity contribution in [3.8, 4) is 6.07 Å². The van der Waals surface area contributed by atoms with Gasteiger partial charge in [0.05, 0.1) is 6.04 Å². The Morgan fingerprint density at radius 2 is 2.10 bits per heavy atom. The number of sulfonamides is 1. The molecule has 0 spiro atoms. The van der Waals surface area contributed by atoms with Gasteiger partial charge in [0.25, 0.3) is 0 Å². The van der Waals surface area contributed by atoms with Crippen molar-refractivity contribution in [2.45, 2.75) is 17.9 Å². The van der Waals surface area contributed by atoms with Crippen molar-refractivity contribution >= 4 is 21.4 Å². The summed E-state index contributed by atoms with van der Waals surface area (Å²) in [6, 6.07) is 8.28. The Morgan fingerprint density at radius 3 is 2.70 bits per heavy atom. The molecule has 1 aromatic carbocycles. The van der Waals surface area contributed by atoms with Crippen LogP contribution in [0.5, 0.6) is 0 Å². The molecule has 1 heterocycles. The van der Waals surface area contributed by atoms with Crippen molar-refractivity contribution in [2.24, 2.45) is 0 Å². The fraction of sp³-hybridized carbons (Fsp3) is 0.154. The van der Waals surface area contributed by atoms with Gasteiger partial charge in [0, 0.05) is 4.88 Å². The van der Waals surface area contributed by atoms with Crippen LogP contribution in [0.4, 0.5) is 4.39 Å². The second-order valence-corrected chi connectivity index (χ2v) is 6.74. The van der Waals surface area contributed by atoms with Gasteiger partial charge in [-0.3, -0.25) is 0 Å². The molecule has 1 aromatic heterocycles. The van der Waals surface area contributed by atoms with Gasteiger partial charge in [-0.2, -0.15) is 5.26 Å². The number of nitrogens with zero attached hydrogens (tertiary/aromatic N) is 1. The van der Waals surface area contributed by atoms with Gasteiger partial charge in [-0.05, 0) is 30.5 Å². The van der Waals surface area contributed by atoms with Gasteiger partial charge >= 0.3 is 0 Å². The summed E-state index contributed by atoms with van der Waals surface area (Å²) in [4.78, 5) is 0.492. The largest absolute Gasteiger partial charge is 0.242 e. The highest BCUT2D eigenvalue weighted by Crippen LogP contribution is 2.23. The van der Waals surface area contributed by atoms with E-state index in [1.54, 1.807) is 19.1 Å². The number of benzene rings is 1. The molecule has 2 rings (SSSR count). The molecule has 4 nitrogen and oxygen atoms in total. The van der Waals surface area contributed by atoms with E-state index in [0.717, 1.165) is 10.9 Å². The number of halogens is 1. The molecule has 0 bridgehead atoms. The molecule has 7 heteroatoms. The molecule has 0 amide bonds. The van der Waals surface area contributed by atoms with E-state index < -0.39 is 27.4 Å². The van der Waals surface area contributed by atoms with Crippen molar-refractivity contribution < 1.29 is 12.8 Å². The molecule has 0 fully saturated rings. The molecule has 20 heavy (non-hydrogen) atoms. The lowest BCUT2D eigenvalue weighted by atomic mass is 10.2. The van der Waals surface area contributed by atoms with Crippen molar-refractivity contribution in [3.05, 3.63) is 52.0 Å². The highest BCUT2D eigenvalue weighted by molar-refractivity contribution is 7.89. The minimum Gasteiger partial charge on any atom is -0.207 e. The molecule has 0 saturated heterocycles. The first-order chi connectivity index (χ1) is 9.45. The molecule has 0 saturated carbocycles. The smallest absolute Gasteiger partial charge is 0.207 e. The Labute approximate surface area is 120 Å². The second kappa shape index (κ2) is 5.71. The van der Waals surface area contributed by atoms with E-state index in [1.807, 2.05) is 11.4 Å². The molecule has 1 atom stereocenters. The number of thiophene rings is 1. The maximum absolute atomic E-state index is 13.5. The summed E-state index contributed by atoms with van der Waals surface area (Å²) in [5, 5.41) is 10.7. The Bertz CT molecular complexity index is 749. The summed E-state index contributed by atoms with van der Waals surface area (Å²) in [6.45, 7) is 1.69. The van der Waals surface area contributed by atoms with Crippen LogP contribution < -0.4 is 4.72 Å². The predicted molar refractivity (Wildman–Crippen MR) is 74.2 cm³/mol. The fourth-order valence-electron chi connectivity index (χ4n) is 1.73. The van der Waals surface area contributed by atoms with Crippen molar-refractivity contribution in [2.75, 3.05) is 0 Å². The van der Waals surface area contributed by atoms with Gasteiger partial charge in [-0.1, -0.05) is 12.1 Å². The molecule has 1 N–H and O–H groups in total. The minimum atomic E-state index is -3.96. The summed E-state index contributed by atoms with van der Waals surface area (Å²) >= 11 is 1.41. The van der Waals surface area contributed by atoms with Crippen LogP contribution in [0, 0.1) is 17.1 Å². The quantitative estimate of drug-likeness (QED) is 0.944. The van der Waals surface area contributed by atoms with E-state index in [9.17, 15) is 12.8 Å². The predicted octanol–water partition coefficient (Wildman–Crippen LogP) is 2.80. The molecule has 0 aliphatic carbocycles. The number of rotatable bonds is 4. The highest BCUT2D eigenvalue weighted by atomic mass is 32.2. The van der Waals surface area contributed by atoms with E-state index in [1.165, 1.54) is 23.5 Å². The lowest BCUT2D eigenvalue weighted by Crippen LogP contribution is -2.27. The second-order valence-electron chi connectivity index (χ2n) is 4.08. The summed E-state index contributed by atoms with van der Waals surface area (Å²) in [5.74, 6) is -0.848. The third-order valence-electron chi connectivity index (χ3n) is 2.68. The molecule has 0 aliphatic rings. The Balaban J connectivity index is 2.37. The molecule has 1 unspecified atom stereocenters. The summed E-state index contributed by atoms with van der Waals surface area (Å²) in [6.07, 6.45) is 0. The van der Waals surface area contributed by atoms with Crippen LogP contribution in [-0.4, -0.2) is 8.42 Å². The van der Waals surface area contributed by atoms with E-state index in [-0.39, 0.29) is 4.90 Å². The molecular formula is C13H11FN2O2S2. The highest BCUT2D eigenvalue weighted by Gasteiger charge is 2.23. The first kappa shape index (κ1) is 14.7. The molecule has 0 radical (unpaired) electrons. The summed E-state index contributed by atoms with van der Waals surface area (Å²) in [7, 11) is -3.96. The first-order valence-electron chi connectivity index (χ1n) is 5.70. The van der Waals surface area contributed by atoms with Crippen LogP contribution in [0.2, 0.25) is 0 Å². The van der Waals surface area contributed by atoms with Crippen molar-refractivity contribution in [1.82, 2.24) is 4.72 Å². The molecule has 2 aromatic rings. The van der Waals surface area contributed by atoms with Gasteiger partial charge in [0.1, 0.15) is 22.3 Å². The van der Waals surface area contributed by atoms with Crippen molar-refractivity contribution in [1.29, 1.82) is 5.26 Å². The average molecular weight is 310 g/mol. The lowest BCUT2D eigenvalue weighted by molar-refractivity contribution is 0.564. The van der Waals surface area contributed by atoms with E-state index >= 15 is 0 Å². The third-order valence-corrected chi connectivity index (χ3v) is 5.32. The number of nitriles is 1.